The molecule has 0 radical (unpaired) electrons. The summed E-state index contributed by atoms with van der Waals surface area (Å²) in [4.78, 5) is 0. The summed E-state index contributed by atoms with van der Waals surface area (Å²) in [7, 11) is 0. The quantitative estimate of drug-likeness (QED) is 0.653. The topological polar surface area (TPSA) is 12.0 Å². The Kier molecular flexibility index (Phi) is 7.70. The van der Waals surface area contributed by atoms with Gasteiger partial charge in [-0.1, -0.05) is 61.7 Å². The highest BCUT2D eigenvalue weighted by atomic mass is 79.9. The van der Waals surface area contributed by atoms with E-state index in [1.54, 1.807) is 0 Å². The highest BCUT2D eigenvalue weighted by Crippen LogP contribution is 2.28. The van der Waals surface area contributed by atoms with Crippen molar-refractivity contribution >= 4 is 15.9 Å². The van der Waals surface area contributed by atoms with Crippen LogP contribution in [0.2, 0.25) is 0 Å². The van der Waals surface area contributed by atoms with Gasteiger partial charge in [0.25, 0.3) is 0 Å². The van der Waals surface area contributed by atoms with E-state index < -0.39 is 0 Å². The lowest BCUT2D eigenvalue weighted by molar-refractivity contribution is 0.371. The molecule has 19 heavy (non-hydrogen) atoms. The average molecular weight is 326 g/mol. The molecule has 0 heterocycles. The summed E-state index contributed by atoms with van der Waals surface area (Å²) in [6.45, 7) is 10.1. The summed E-state index contributed by atoms with van der Waals surface area (Å²) in [6, 6.07) is 7.25. The molecule has 1 N–H and O–H groups in total. The van der Waals surface area contributed by atoms with Crippen LogP contribution in [0.4, 0.5) is 0 Å². The summed E-state index contributed by atoms with van der Waals surface area (Å²) < 4.78 is 1.20. The highest BCUT2D eigenvalue weighted by molar-refractivity contribution is 9.10. The molecular weight excluding hydrogens is 298 g/mol. The molecule has 2 heteroatoms. The van der Waals surface area contributed by atoms with Crippen molar-refractivity contribution < 1.29 is 0 Å². The van der Waals surface area contributed by atoms with Gasteiger partial charge in [0, 0.05) is 10.5 Å². The van der Waals surface area contributed by atoms with Crippen molar-refractivity contribution in [2.45, 2.75) is 59.4 Å². The van der Waals surface area contributed by atoms with Gasteiger partial charge in [-0.2, -0.15) is 0 Å². The molecule has 0 bridgehead atoms. The van der Waals surface area contributed by atoms with E-state index in [9.17, 15) is 0 Å². The molecule has 0 fully saturated rings. The minimum atomic E-state index is 0.497. The number of nitrogens with one attached hydrogen (secondary N) is 1. The van der Waals surface area contributed by atoms with E-state index >= 15 is 0 Å². The molecule has 0 amide bonds. The lowest BCUT2D eigenvalue weighted by Crippen LogP contribution is -2.24. The van der Waals surface area contributed by atoms with Crippen LogP contribution in [0.1, 0.15) is 63.6 Å². The Bertz CT molecular complexity index is 372. The van der Waals surface area contributed by atoms with Crippen LogP contribution in [-0.2, 0) is 0 Å². The zero-order valence-corrected chi connectivity index (χ0v) is 14.4. The first-order valence-electron chi connectivity index (χ1n) is 7.61. The fraction of sp³-hybridized carbons (Fsp3) is 0.647. The van der Waals surface area contributed by atoms with Gasteiger partial charge in [-0.15, -0.1) is 0 Å². The molecule has 0 saturated carbocycles. The summed E-state index contributed by atoms with van der Waals surface area (Å²) in [5.41, 5.74) is 2.76. The predicted octanol–water partition coefficient (Wildman–Crippen LogP) is 5.62. The van der Waals surface area contributed by atoms with Crippen LogP contribution in [0.5, 0.6) is 0 Å². The second-order valence-electron chi connectivity index (χ2n) is 5.43. The Morgan fingerprint density at radius 3 is 2.37 bits per heavy atom. The van der Waals surface area contributed by atoms with Gasteiger partial charge in [-0.05, 0) is 49.4 Å². The molecule has 0 aliphatic rings. The molecular formula is C17H28BrN. The molecule has 1 atom stereocenters. The maximum absolute atomic E-state index is 3.72. The van der Waals surface area contributed by atoms with Crippen LogP contribution in [0.15, 0.2) is 22.7 Å². The summed E-state index contributed by atoms with van der Waals surface area (Å²) in [5, 5.41) is 3.72. The SMILES string of the molecule is CCCNC(CC(CC)CC)c1ccc(Br)c(C)c1. The molecule has 1 unspecified atom stereocenters. The molecule has 0 spiro atoms. The van der Waals surface area contributed by atoms with Gasteiger partial charge >= 0.3 is 0 Å². The van der Waals surface area contributed by atoms with E-state index in [0.29, 0.717) is 6.04 Å². The number of halogens is 1. The zero-order chi connectivity index (χ0) is 14.3. The van der Waals surface area contributed by atoms with Crippen molar-refractivity contribution in [2.75, 3.05) is 6.54 Å². The zero-order valence-electron chi connectivity index (χ0n) is 12.8. The van der Waals surface area contributed by atoms with Gasteiger partial charge in [-0.25, -0.2) is 0 Å². The van der Waals surface area contributed by atoms with E-state index in [1.807, 2.05) is 0 Å². The van der Waals surface area contributed by atoms with Gasteiger partial charge in [0.1, 0.15) is 0 Å². The van der Waals surface area contributed by atoms with Crippen molar-refractivity contribution in [3.05, 3.63) is 33.8 Å². The van der Waals surface area contributed by atoms with E-state index in [0.717, 1.165) is 12.5 Å². The molecule has 1 aromatic carbocycles. The third-order valence-electron chi connectivity index (χ3n) is 3.95. The fourth-order valence-electron chi connectivity index (χ4n) is 2.50. The fourth-order valence-corrected chi connectivity index (χ4v) is 2.74. The van der Waals surface area contributed by atoms with Gasteiger partial charge in [-0.3, -0.25) is 0 Å². The number of hydrogen-bond donors (Lipinski definition) is 1. The number of hydrogen-bond acceptors (Lipinski definition) is 1. The Morgan fingerprint density at radius 1 is 1.16 bits per heavy atom. The van der Waals surface area contributed by atoms with Crippen molar-refractivity contribution in [3.8, 4) is 0 Å². The van der Waals surface area contributed by atoms with Crippen LogP contribution < -0.4 is 5.32 Å². The normalized spacial score (nSPS) is 12.9. The molecule has 0 aliphatic heterocycles. The van der Waals surface area contributed by atoms with Crippen LogP contribution in [-0.4, -0.2) is 6.54 Å². The highest BCUT2D eigenvalue weighted by Gasteiger charge is 2.16. The second kappa shape index (κ2) is 8.76. The maximum Gasteiger partial charge on any atom is 0.0322 e. The Hall–Kier alpha value is -0.340. The molecule has 1 rings (SSSR count). The van der Waals surface area contributed by atoms with Crippen LogP contribution in [0.25, 0.3) is 0 Å². The predicted molar refractivity (Wildman–Crippen MR) is 88.6 cm³/mol. The van der Waals surface area contributed by atoms with Gasteiger partial charge in [0.2, 0.25) is 0 Å². The standard InChI is InChI=1S/C17H28BrN/c1-5-10-19-17(12-14(6-2)7-3)15-8-9-16(18)13(4)11-15/h8-9,11,14,17,19H,5-7,10,12H2,1-4H3. The number of rotatable bonds is 8. The van der Waals surface area contributed by atoms with Gasteiger partial charge in [0.05, 0.1) is 0 Å². The molecule has 0 aliphatic carbocycles. The lowest BCUT2D eigenvalue weighted by Gasteiger charge is -2.24. The summed E-state index contributed by atoms with van der Waals surface area (Å²) in [5.74, 6) is 0.818. The van der Waals surface area contributed by atoms with Crippen molar-refractivity contribution in [3.63, 3.8) is 0 Å². The molecule has 0 saturated heterocycles. The van der Waals surface area contributed by atoms with Crippen LogP contribution in [0.3, 0.4) is 0 Å². The molecule has 1 nitrogen and oxygen atoms in total. The first-order chi connectivity index (χ1) is 9.12. The maximum atomic E-state index is 3.72. The molecule has 1 aromatic rings. The Labute approximate surface area is 127 Å². The first kappa shape index (κ1) is 16.7. The van der Waals surface area contributed by atoms with Gasteiger partial charge < -0.3 is 5.32 Å². The molecule has 0 aromatic heterocycles. The van der Waals surface area contributed by atoms with Gasteiger partial charge in [0.15, 0.2) is 0 Å². The minimum Gasteiger partial charge on any atom is -0.310 e. The number of aryl methyl sites for hydroxylation is 1. The largest absolute Gasteiger partial charge is 0.310 e. The third kappa shape index (κ3) is 5.27. The van der Waals surface area contributed by atoms with E-state index in [4.69, 9.17) is 0 Å². The Morgan fingerprint density at radius 2 is 1.84 bits per heavy atom. The van der Waals surface area contributed by atoms with Crippen molar-refractivity contribution in [1.29, 1.82) is 0 Å². The Balaban J connectivity index is 2.85. The smallest absolute Gasteiger partial charge is 0.0322 e. The minimum absolute atomic E-state index is 0.497. The van der Waals surface area contributed by atoms with Crippen LogP contribution in [0, 0.1) is 12.8 Å². The summed E-state index contributed by atoms with van der Waals surface area (Å²) in [6.07, 6.45) is 4.98. The summed E-state index contributed by atoms with van der Waals surface area (Å²) >= 11 is 3.59. The van der Waals surface area contributed by atoms with Crippen LogP contribution >= 0.6 is 15.9 Å². The van der Waals surface area contributed by atoms with E-state index in [-0.39, 0.29) is 0 Å². The monoisotopic (exact) mass is 325 g/mol. The second-order valence-corrected chi connectivity index (χ2v) is 6.29. The van der Waals surface area contributed by atoms with Crippen molar-refractivity contribution in [1.82, 2.24) is 5.32 Å². The van der Waals surface area contributed by atoms with E-state index in [2.05, 4.69) is 67.1 Å². The van der Waals surface area contributed by atoms with E-state index in [1.165, 1.54) is 41.3 Å². The van der Waals surface area contributed by atoms with Crippen molar-refractivity contribution in [2.24, 2.45) is 5.92 Å². The average Bonchev–Trinajstić information content (AvgIpc) is 2.42. The third-order valence-corrected chi connectivity index (χ3v) is 4.84. The molecule has 108 valence electrons. The number of benzene rings is 1. The first-order valence-corrected chi connectivity index (χ1v) is 8.41. The lowest BCUT2D eigenvalue weighted by atomic mass is 9.90.